The van der Waals surface area contributed by atoms with Crippen molar-refractivity contribution in [2.75, 3.05) is 5.32 Å². The molecular weight excluding hydrogens is 343 g/mol. The van der Waals surface area contributed by atoms with Crippen LogP contribution in [0.1, 0.15) is 30.0 Å². The summed E-state index contributed by atoms with van der Waals surface area (Å²) in [6, 6.07) is 10.1. The lowest BCUT2D eigenvalue weighted by atomic mass is 9.99. The number of hydrogen-bond acceptors (Lipinski definition) is 2. The number of hydrogen-bond donors (Lipinski definition) is 2. The van der Waals surface area contributed by atoms with Crippen LogP contribution in [0.3, 0.4) is 0 Å². The van der Waals surface area contributed by atoms with E-state index in [1.807, 2.05) is 24.3 Å². The van der Waals surface area contributed by atoms with Gasteiger partial charge >= 0.3 is 6.03 Å². The molecule has 2 aliphatic rings. The van der Waals surface area contributed by atoms with E-state index < -0.39 is 6.04 Å². The highest BCUT2D eigenvalue weighted by molar-refractivity contribution is 5.93. The third-order valence-electron chi connectivity index (χ3n) is 4.93. The van der Waals surface area contributed by atoms with Crippen LogP contribution in [0.25, 0.3) is 10.9 Å². The van der Waals surface area contributed by atoms with Crippen molar-refractivity contribution in [1.82, 2.24) is 15.1 Å². The monoisotopic (exact) mass is 360 g/mol. The van der Waals surface area contributed by atoms with E-state index in [-0.39, 0.29) is 18.4 Å². The summed E-state index contributed by atoms with van der Waals surface area (Å²) in [7, 11) is 0. The van der Waals surface area contributed by atoms with Crippen molar-refractivity contribution in [1.29, 1.82) is 0 Å². The fraction of sp³-hybridized carbons (Fsp3) is 0.238. The molecule has 2 heterocycles. The van der Waals surface area contributed by atoms with Gasteiger partial charge in [0.2, 0.25) is 0 Å². The lowest BCUT2D eigenvalue weighted by Crippen LogP contribution is -2.37. The molecule has 3 aromatic rings. The molecule has 2 N–H and O–H groups in total. The molecule has 1 atom stereocenters. The molecule has 134 valence electrons. The molecule has 1 aliphatic heterocycles. The third-order valence-corrected chi connectivity index (χ3v) is 4.93. The number of anilines is 1. The number of carbonyl (C=O) groups excluding carboxylic acids is 1. The molecule has 5 nitrogen and oxygen atoms in total. The van der Waals surface area contributed by atoms with Gasteiger partial charge in [-0.3, -0.25) is 4.68 Å². The lowest BCUT2D eigenvalue weighted by Gasteiger charge is -2.24. The number of aromatic nitrogens is 2. The second kappa shape index (κ2) is 6.13. The summed E-state index contributed by atoms with van der Waals surface area (Å²) in [6.45, 7) is 0.286. The minimum atomic E-state index is -0.483. The van der Waals surface area contributed by atoms with Gasteiger partial charge in [0.1, 0.15) is 11.9 Å². The quantitative estimate of drug-likeness (QED) is 0.683. The molecule has 6 heteroatoms. The van der Waals surface area contributed by atoms with Crippen molar-refractivity contribution in [3.8, 4) is 11.8 Å². The van der Waals surface area contributed by atoms with E-state index in [4.69, 9.17) is 0 Å². The van der Waals surface area contributed by atoms with Crippen LogP contribution < -0.4 is 10.6 Å². The van der Waals surface area contributed by atoms with Crippen LogP contribution in [0.4, 0.5) is 14.9 Å². The number of nitrogens with one attached hydrogen (secondary N) is 2. The molecule has 0 saturated heterocycles. The Morgan fingerprint density at radius 2 is 2.07 bits per heavy atom. The minimum absolute atomic E-state index is 0.286. The molecule has 1 aromatic heterocycles. The van der Waals surface area contributed by atoms with E-state index in [1.54, 1.807) is 16.9 Å². The Kier molecular flexibility index (Phi) is 3.61. The van der Waals surface area contributed by atoms with Crippen LogP contribution in [0, 0.1) is 23.6 Å². The number of nitrogens with zero attached hydrogens (tertiary/aromatic N) is 2. The van der Waals surface area contributed by atoms with Gasteiger partial charge in [0, 0.05) is 28.1 Å². The maximum Gasteiger partial charge on any atom is 0.320 e. The summed E-state index contributed by atoms with van der Waals surface area (Å²) in [5, 5.41) is 10.9. The standard InChI is InChI=1S/C21H17FN4O/c22-17-10-16-18(8-7-13-5-6-13)24-21(27)25-19(16)9-15(17)12-26-20-4-2-1-3-14(20)11-23-26/h1-4,9-11,13,18H,5-6,12H2,(H2,24,25,27). The Balaban J connectivity index is 1.51. The first-order valence-electron chi connectivity index (χ1n) is 8.99. The van der Waals surface area contributed by atoms with E-state index in [0.29, 0.717) is 22.7 Å². The topological polar surface area (TPSA) is 59.0 Å². The average Bonchev–Trinajstić information content (AvgIpc) is 3.41. The number of amides is 2. The zero-order valence-electron chi connectivity index (χ0n) is 14.5. The zero-order valence-corrected chi connectivity index (χ0v) is 14.5. The van der Waals surface area contributed by atoms with Crippen LogP contribution >= 0.6 is 0 Å². The Morgan fingerprint density at radius 1 is 1.22 bits per heavy atom. The molecule has 0 bridgehead atoms. The molecule has 0 spiro atoms. The third kappa shape index (κ3) is 3.02. The largest absolute Gasteiger partial charge is 0.320 e. The van der Waals surface area contributed by atoms with Crippen LogP contribution in [-0.2, 0) is 6.54 Å². The number of urea groups is 1. The zero-order chi connectivity index (χ0) is 18.4. The van der Waals surface area contributed by atoms with E-state index in [0.717, 1.165) is 23.7 Å². The number of para-hydroxylation sites is 1. The maximum absolute atomic E-state index is 14.8. The normalized spacial score (nSPS) is 18.3. The Hall–Kier alpha value is -3.33. The number of benzene rings is 2. The van der Waals surface area contributed by atoms with Gasteiger partial charge in [0.25, 0.3) is 0 Å². The average molecular weight is 360 g/mol. The van der Waals surface area contributed by atoms with E-state index in [1.165, 1.54) is 6.07 Å². The molecule has 2 amide bonds. The van der Waals surface area contributed by atoms with Gasteiger partial charge in [-0.05, 0) is 31.0 Å². The van der Waals surface area contributed by atoms with Gasteiger partial charge in [-0.1, -0.05) is 30.0 Å². The Morgan fingerprint density at radius 3 is 2.93 bits per heavy atom. The molecule has 1 unspecified atom stereocenters. The van der Waals surface area contributed by atoms with E-state index in [9.17, 15) is 9.18 Å². The Labute approximate surface area is 155 Å². The van der Waals surface area contributed by atoms with Crippen molar-refractivity contribution in [2.24, 2.45) is 5.92 Å². The van der Waals surface area contributed by atoms with Crippen LogP contribution in [0.15, 0.2) is 42.6 Å². The fourth-order valence-electron chi connectivity index (χ4n) is 3.32. The van der Waals surface area contributed by atoms with Gasteiger partial charge in [-0.25, -0.2) is 9.18 Å². The summed E-state index contributed by atoms with van der Waals surface area (Å²) in [6.07, 6.45) is 3.97. The molecule has 1 fully saturated rings. The van der Waals surface area contributed by atoms with E-state index >= 15 is 0 Å². The van der Waals surface area contributed by atoms with Crippen LogP contribution in [-0.4, -0.2) is 15.8 Å². The summed E-state index contributed by atoms with van der Waals surface area (Å²) >= 11 is 0. The summed E-state index contributed by atoms with van der Waals surface area (Å²) < 4.78 is 16.6. The predicted molar refractivity (Wildman–Crippen MR) is 101 cm³/mol. The summed E-state index contributed by atoms with van der Waals surface area (Å²) in [5.41, 5.74) is 2.67. The van der Waals surface area contributed by atoms with Gasteiger partial charge in [-0.15, -0.1) is 0 Å². The second-order valence-corrected chi connectivity index (χ2v) is 6.99. The second-order valence-electron chi connectivity index (χ2n) is 6.99. The van der Waals surface area contributed by atoms with Crippen LogP contribution in [0.5, 0.6) is 0 Å². The molecular formula is C21H17FN4O. The molecule has 1 saturated carbocycles. The summed E-state index contributed by atoms with van der Waals surface area (Å²) in [5.74, 6) is 6.31. The molecule has 2 aromatic carbocycles. The fourth-order valence-corrected chi connectivity index (χ4v) is 3.32. The predicted octanol–water partition coefficient (Wildman–Crippen LogP) is 3.81. The Bertz CT molecular complexity index is 1120. The number of carbonyl (C=O) groups is 1. The minimum Gasteiger partial charge on any atom is -0.320 e. The summed E-state index contributed by atoms with van der Waals surface area (Å²) in [4.78, 5) is 12.0. The van der Waals surface area contributed by atoms with Gasteiger partial charge in [0.05, 0.1) is 18.3 Å². The van der Waals surface area contributed by atoms with Gasteiger partial charge < -0.3 is 10.6 Å². The SMILES string of the molecule is O=C1Nc2cc(Cn3ncc4ccccc43)c(F)cc2C(C#CC2CC2)N1. The molecule has 5 rings (SSSR count). The number of rotatable bonds is 2. The van der Waals surface area contributed by atoms with Gasteiger partial charge in [0.15, 0.2) is 0 Å². The smallest absolute Gasteiger partial charge is 0.320 e. The molecule has 27 heavy (non-hydrogen) atoms. The molecule has 0 radical (unpaired) electrons. The first-order chi connectivity index (χ1) is 13.2. The highest BCUT2D eigenvalue weighted by Crippen LogP contribution is 2.32. The van der Waals surface area contributed by atoms with Crippen molar-refractivity contribution >= 4 is 22.6 Å². The maximum atomic E-state index is 14.8. The molecule has 1 aliphatic carbocycles. The van der Waals surface area contributed by atoms with Crippen molar-refractivity contribution in [3.63, 3.8) is 0 Å². The highest BCUT2D eigenvalue weighted by atomic mass is 19.1. The van der Waals surface area contributed by atoms with Crippen LogP contribution in [0.2, 0.25) is 0 Å². The van der Waals surface area contributed by atoms with Gasteiger partial charge in [-0.2, -0.15) is 5.10 Å². The first-order valence-corrected chi connectivity index (χ1v) is 8.99. The first kappa shape index (κ1) is 15.9. The highest BCUT2D eigenvalue weighted by Gasteiger charge is 2.26. The van der Waals surface area contributed by atoms with Crippen molar-refractivity contribution in [3.05, 3.63) is 59.5 Å². The number of halogens is 1. The van der Waals surface area contributed by atoms with E-state index in [2.05, 4.69) is 27.6 Å². The number of fused-ring (bicyclic) bond motifs is 2. The van der Waals surface area contributed by atoms with Crippen molar-refractivity contribution < 1.29 is 9.18 Å². The van der Waals surface area contributed by atoms with Crippen molar-refractivity contribution in [2.45, 2.75) is 25.4 Å². The lowest BCUT2D eigenvalue weighted by molar-refractivity contribution is 0.249.